The molecule has 0 aliphatic heterocycles. The molecule has 0 bridgehead atoms. The Bertz CT molecular complexity index is 1040. The zero-order chi connectivity index (χ0) is 19.7. The van der Waals surface area contributed by atoms with E-state index >= 15 is 0 Å². The fourth-order valence-electron chi connectivity index (χ4n) is 3.53. The van der Waals surface area contributed by atoms with Crippen LogP contribution in [0, 0.1) is 11.8 Å². The number of nitrogens with one attached hydrogen (secondary N) is 1. The van der Waals surface area contributed by atoms with Crippen LogP contribution in [0.1, 0.15) is 18.9 Å². The molecule has 0 saturated heterocycles. The number of rotatable bonds is 6. The number of anilines is 2. The third-order valence-corrected chi connectivity index (χ3v) is 5.20. The van der Waals surface area contributed by atoms with E-state index in [1.54, 1.807) is 25.7 Å². The number of carbonyl (C=O) groups is 1. The van der Waals surface area contributed by atoms with Gasteiger partial charge in [0.2, 0.25) is 5.91 Å². The number of ether oxygens (including phenoxy) is 1. The molecule has 3 aromatic heterocycles. The predicted octanol–water partition coefficient (Wildman–Crippen LogP) is 3.06. The van der Waals surface area contributed by atoms with Crippen molar-refractivity contribution in [1.29, 1.82) is 0 Å². The van der Waals surface area contributed by atoms with Crippen LogP contribution < -0.4 is 11.1 Å². The van der Waals surface area contributed by atoms with Gasteiger partial charge in [0.25, 0.3) is 0 Å². The van der Waals surface area contributed by atoms with E-state index < -0.39 is 0 Å². The van der Waals surface area contributed by atoms with Crippen LogP contribution in [0.4, 0.5) is 11.6 Å². The molecule has 144 valence electrons. The van der Waals surface area contributed by atoms with Crippen molar-refractivity contribution in [1.82, 2.24) is 15.0 Å². The largest absolute Gasteiger partial charge is 0.384 e. The number of hydrogen-bond donors (Lipinski definition) is 2. The second kappa shape index (κ2) is 7.52. The minimum Gasteiger partial charge on any atom is -0.384 e. The normalized spacial score (nSPS) is 18.2. The van der Waals surface area contributed by atoms with E-state index in [9.17, 15) is 4.79 Å². The van der Waals surface area contributed by atoms with Crippen LogP contribution in [0.15, 0.2) is 36.8 Å². The lowest BCUT2D eigenvalue weighted by molar-refractivity contribution is -0.117. The van der Waals surface area contributed by atoms with Gasteiger partial charge in [-0.3, -0.25) is 9.78 Å². The number of pyridine rings is 3. The number of aromatic nitrogens is 3. The molecule has 3 aromatic rings. The zero-order valence-corrected chi connectivity index (χ0v) is 16.0. The molecule has 4 rings (SSSR count). The molecule has 0 radical (unpaired) electrons. The quantitative estimate of drug-likeness (QED) is 0.684. The molecule has 1 aliphatic rings. The van der Waals surface area contributed by atoms with Crippen LogP contribution in [-0.2, 0) is 16.0 Å². The molecule has 7 nitrogen and oxygen atoms in total. The lowest BCUT2D eigenvalue weighted by Crippen LogP contribution is -2.16. The summed E-state index contributed by atoms with van der Waals surface area (Å²) in [5, 5.41) is 4.54. The van der Waals surface area contributed by atoms with Crippen LogP contribution in [-0.4, -0.2) is 34.6 Å². The molecule has 1 fully saturated rings. The Labute approximate surface area is 163 Å². The molecule has 2 unspecified atom stereocenters. The van der Waals surface area contributed by atoms with Gasteiger partial charge in [-0.15, -0.1) is 0 Å². The number of methoxy groups -OCH3 is 1. The number of aryl methyl sites for hydroxylation is 1. The Morgan fingerprint density at radius 3 is 3.00 bits per heavy atom. The van der Waals surface area contributed by atoms with E-state index in [2.05, 4.69) is 27.2 Å². The highest BCUT2D eigenvalue weighted by Crippen LogP contribution is 2.39. The summed E-state index contributed by atoms with van der Waals surface area (Å²) >= 11 is 0. The van der Waals surface area contributed by atoms with Gasteiger partial charge in [-0.05, 0) is 47.9 Å². The summed E-state index contributed by atoms with van der Waals surface area (Å²) in [4.78, 5) is 25.5. The first-order valence-electron chi connectivity index (χ1n) is 9.40. The molecule has 1 aliphatic carbocycles. The topological polar surface area (TPSA) is 103 Å². The first-order valence-corrected chi connectivity index (χ1v) is 9.40. The number of fused-ring (bicyclic) bond motifs is 1. The molecule has 2 atom stereocenters. The van der Waals surface area contributed by atoms with Crippen molar-refractivity contribution in [2.24, 2.45) is 11.8 Å². The van der Waals surface area contributed by atoms with Gasteiger partial charge in [0.1, 0.15) is 11.6 Å². The standard InChI is InChI=1S/C21H23N5O2/c1-3-12-4-5-23-9-16(12)18-7-13-8-19(24-10-17(13)20(22)25-18)26-21(27)15-6-14(15)11-28-2/h4-5,7-10,14-15H,3,6,11H2,1-2H3,(H2,22,25)(H,24,26,27). The van der Waals surface area contributed by atoms with Gasteiger partial charge in [0.15, 0.2) is 0 Å². The zero-order valence-electron chi connectivity index (χ0n) is 16.0. The van der Waals surface area contributed by atoms with Gasteiger partial charge in [-0.1, -0.05) is 6.92 Å². The Balaban J connectivity index is 1.64. The lowest BCUT2D eigenvalue weighted by atomic mass is 10.0. The number of nitrogens with zero attached hydrogens (tertiary/aromatic N) is 3. The average Bonchev–Trinajstić information content (AvgIpc) is 3.47. The third kappa shape index (κ3) is 3.53. The van der Waals surface area contributed by atoms with Crippen molar-refractivity contribution in [2.75, 3.05) is 24.8 Å². The van der Waals surface area contributed by atoms with Gasteiger partial charge in [-0.2, -0.15) is 0 Å². The molecule has 0 aromatic carbocycles. The first kappa shape index (κ1) is 18.3. The Morgan fingerprint density at radius 1 is 1.36 bits per heavy atom. The maximum absolute atomic E-state index is 12.4. The van der Waals surface area contributed by atoms with E-state index in [4.69, 9.17) is 10.5 Å². The second-order valence-electron chi connectivity index (χ2n) is 7.12. The molecular weight excluding hydrogens is 354 g/mol. The summed E-state index contributed by atoms with van der Waals surface area (Å²) in [5.74, 6) is 1.20. The highest BCUT2D eigenvalue weighted by molar-refractivity contribution is 5.98. The van der Waals surface area contributed by atoms with E-state index in [0.717, 1.165) is 40.4 Å². The van der Waals surface area contributed by atoms with Crippen molar-refractivity contribution in [2.45, 2.75) is 19.8 Å². The summed E-state index contributed by atoms with van der Waals surface area (Å²) in [6.45, 7) is 2.70. The predicted molar refractivity (Wildman–Crippen MR) is 109 cm³/mol. The molecule has 1 saturated carbocycles. The first-order chi connectivity index (χ1) is 13.6. The monoisotopic (exact) mass is 377 g/mol. The summed E-state index contributed by atoms with van der Waals surface area (Å²) < 4.78 is 5.12. The maximum atomic E-state index is 12.4. The van der Waals surface area contributed by atoms with E-state index in [1.165, 1.54) is 0 Å². The molecule has 28 heavy (non-hydrogen) atoms. The number of nitrogen functional groups attached to an aromatic ring is 1. The van der Waals surface area contributed by atoms with E-state index in [0.29, 0.717) is 24.2 Å². The van der Waals surface area contributed by atoms with Gasteiger partial charge in [-0.25, -0.2) is 9.97 Å². The number of amides is 1. The highest BCUT2D eigenvalue weighted by atomic mass is 16.5. The minimum atomic E-state index is -0.0170. The fraction of sp³-hybridized carbons (Fsp3) is 0.333. The number of carbonyl (C=O) groups excluding carboxylic acids is 1. The molecule has 0 spiro atoms. The van der Waals surface area contributed by atoms with Gasteiger partial charge < -0.3 is 15.8 Å². The van der Waals surface area contributed by atoms with Crippen molar-refractivity contribution < 1.29 is 9.53 Å². The van der Waals surface area contributed by atoms with Crippen LogP contribution in [0.5, 0.6) is 0 Å². The molecular formula is C21H23N5O2. The summed E-state index contributed by atoms with van der Waals surface area (Å²) in [6.07, 6.45) is 6.97. The number of hydrogen-bond acceptors (Lipinski definition) is 6. The summed E-state index contributed by atoms with van der Waals surface area (Å²) in [7, 11) is 1.65. The van der Waals surface area contributed by atoms with Crippen molar-refractivity contribution in [3.05, 3.63) is 42.4 Å². The maximum Gasteiger partial charge on any atom is 0.229 e. The highest BCUT2D eigenvalue weighted by Gasteiger charge is 2.42. The molecule has 3 N–H and O–H groups in total. The Morgan fingerprint density at radius 2 is 2.21 bits per heavy atom. The Hall–Kier alpha value is -3.06. The summed E-state index contributed by atoms with van der Waals surface area (Å²) in [5.41, 5.74) is 9.05. The summed E-state index contributed by atoms with van der Waals surface area (Å²) in [6, 6.07) is 5.79. The Kier molecular flexibility index (Phi) is 4.92. The van der Waals surface area contributed by atoms with Crippen molar-refractivity contribution in [3.63, 3.8) is 0 Å². The molecule has 7 heteroatoms. The van der Waals surface area contributed by atoms with Crippen LogP contribution >= 0.6 is 0 Å². The van der Waals surface area contributed by atoms with Gasteiger partial charge in [0.05, 0.1) is 5.69 Å². The van der Waals surface area contributed by atoms with Crippen LogP contribution in [0.25, 0.3) is 22.0 Å². The second-order valence-corrected chi connectivity index (χ2v) is 7.12. The van der Waals surface area contributed by atoms with Gasteiger partial charge >= 0.3 is 0 Å². The number of nitrogens with two attached hydrogens (primary N) is 1. The van der Waals surface area contributed by atoms with Crippen molar-refractivity contribution in [3.8, 4) is 11.3 Å². The van der Waals surface area contributed by atoms with Crippen LogP contribution in [0.3, 0.4) is 0 Å². The minimum absolute atomic E-state index is 0.00183. The SMILES string of the molecule is CCc1ccncc1-c1cc2cc(NC(=O)C3CC3COC)ncc2c(N)n1. The van der Waals surface area contributed by atoms with E-state index in [1.807, 2.05) is 18.2 Å². The van der Waals surface area contributed by atoms with Gasteiger partial charge in [0, 0.05) is 49.2 Å². The fourth-order valence-corrected chi connectivity index (χ4v) is 3.53. The third-order valence-electron chi connectivity index (χ3n) is 5.20. The van der Waals surface area contributed by atoms with Crippen LogP contribution in [0.2, 0.25) is 0 Å². The smallest absolute Gasteiger partial charge is 0.229 e. The lowest BCUT2D eigenvalue weighted by Gasteiger charge is -2.11. The molecule has 3 heterocycles. The van der Waals surface area contributed by atoms with Crippen molar-refractivity contribution >= 4 is 28.3 Å². The molecule has 1 amide bonds. The van der Waals surface area contributed by atoms with E-state index in [-0.39, 0.29) is 11.8 Å². The average molecular weight is 377 g/mol.